The van der Waals surface area contributed by atoms with Crippen molar-refractivity contribution >= 4 is 11.9 Å². The van der Waals surface area contributed by atoms with E-state index in [1.807, 2.05) is 91.0 Å². The first-order chi connectivity index (χ1) is 14.2. The first-order valence-corrected chi connectivity index (χ1v) is 9.73. The van der Waals surface area contributed by atoms with E-state index in [0.717, 1.165) is 16.7 Å². The van der Waals surface area contributed by atoms with Crippen LogP contribution in [0.4, 0.5) is 0 Å². The van der Waals surface area contributed by atoms with E-state index in [1.165, 1.54) is 7.11 Å². The second-order valence-corrected chi connectivity index (χ2v) is 7.27. The Morgan fingerprint density at radius 1 is 0.759 bits per heavy atom. The zero-order chi connectivity index (χ0) is 20.2. The van der Waals surface area contributed by atoms with Crippen molar-refractivity contribution < 1.29 is 14.3 Å². The van der Waals surface area contributed by atoms with E-state index in [2.05, 4.69) is 5.32 Å². The van der Waals surface area contributed by atoms with Gasteiger partial charge in [-0.1, -0.05) is 91.0 Å². The van der Waals surface area contributed by atoms with Crippen LogP contribution in [0.5, 0.6) is 0 Å². The number of esters is 1. The molecule has 3 aromatic rings. The Labute approximate surface area is 170 Å². The normalized spacial score (nSPS) is 23.8. The van der Waals surface area contributed by atoms with Crippen molar-refractivity contribution in [3.05, 3.63) is 108 Å². The molecule has 1 fully saturated rings. The van der Waals surface area contributed by atoms with Crippen molar-refractivity contribution in [2.75, 3.05) is 7.11 Å². The molecule has 4 nitrogen and oxygen atoms in total. The maximum absolute atomic E-state index is 13.4. The highest BCUT2D eigenvalue weighted by atomic mass is 16.5. The van der Waals surface area contributed by atoms with Gasteiger partial charge in [-0.05, 0) is 16.7 Å². The minimum Gasteiger partial charge on any atom is -0.469 e. The van der Waals surface area contributed by atoms with Gasteiger partial charge in [0.15, 0.2) is 0 Å². The van der Waals surface area contributed by atoms with Gasteiger partial charge in [-0.25, -0.2) is 0 Å². The van der Waals surface area contributed by atoms with Gasteiger partial charge in [0, 0.05) is 5.92 Å². The molecule has 29 heavy (non-hydrogen) atoms. The van der Waals surface area contributed by atoms with Crippen LogP contribution in [0.1, 0.15) is 34.6 Å². The highest BCUT2D eigenvalue weighted by Gasteiger charge is 2.49. The van der Waals surface area contributed by atoms with Gasteiger partial charge in [0.1, 0.15) is 0 Å². The molecule has 4 rings (SSSR count). The lowest BCUT2D eigenvalue weighted by Gasteiger charge is -2.42. The number of piperidine rings is 1. The lowest BCUT2D eigenvalue weighted by molar-refractivity contribution is -0.150. The van der Waals surface area contributed by atoms with Gasteiger partial charge in [0.25, 0.3) is 0 Å². The van der Waals surface area contributed by atoms with E-state index in [9.17, 15) is 9.59 Å². The molecule has 1 heterocycles. The summed E-state index contributed by atoms with van der Waals surface area (Å²) in [6, 6.07) is 28.6. The van der Waals surface area contributed by atoms with Crippen molar-refractivity contribution in [3.8, 4) is 0 Å². The van der Waals surface area contributed by atoms with Crippen LogP contribution in [-0.2, 0) is 14.3 Å². The third-order valence-corrected chi connectivity index (χ3v) is 5.66. The van der Waals surface area contributed by atoms with Crippen LogP contribution in [0.2, 0.25) is 0 Å². The van der Waals surface area contributed by atoms with Crippen LogP contribution in [0, 0.1) is 5.92 Å². The number of hydrogen-bond acceptors (Lipinski definition) is 3. The Bertz CT molecular complexity index is 973. The second-order valence-electron chi connectivity index (χ2n) is 7.27. The summed E-state index contributed by atoms with van der Waals surface area (Å²) in [5.41, 5.74) is 2.73. The van der Waals surface area contributed by atoms with E-state index in [4.69, 9.17) is 4.74 Å². The number of carbonyl (C=O) groups is 2. The summed E-state index contributed by atoms with van der Waals surface area (Å²) in [5, 5.41) is 3.11. The number of methoxy groups -OCH3 is 1. The number of amides is 1. The molecule has 1 N–H and O–H groups in total. The number of nitrogens with one attached hydrogen (secondary N) is 1. The molecule has 0 radical (unpaired) electrons. The van der Waals surface area contributed by atoms with Crippen molar-refractivity contribution in [2.24, 2.45) is 5.92 Å². The van der Waals surface area contributed by atoms with E-state index in [-0.39, 0.29) is 17.8 Å². The molecule has 1 amide bonds. The van der Waals surface area contributed by atoms with Crippen LogP contribution in [-0.4, -0.2) is 19.0 Å². The standard InChI is InChI=1S/C25H23NO3/c1-29-25(28)22-20(17-11-5-2-6-12-17)21(18-13-7-3-8-14-18)24(27)26-23(22)19-15-9-4-10-16-19/h2-16,20-23H,1H3,(H,26,27)/t20-,21+,22-,23+/m1/s1. The predicted molar refractivity (Wildman–Crippen MR) is 111 cm³/mol. The Hall–Kier alpha value is -3.40. The molecule has 1 aliphatic rings. The number of carbonyl (C=O) groups excluding carboxylic acids is 2. The van der Waals surface area contributed by atoms with E-state index >= 15 is 0 Å². The fourth-order valence-corrected chi connectivity index (χ4v) is 4.37. The minimum atomic E-state index is -0.548. The molecule has 0 aromatic heterocycles. The molecule has 3 aromatic carbocycles. The van der Waals surface area contributed by atoms with Crippen LogP contribution >= 0.6 is 0 Å². The van der Waals surface area contributed by atoms with Crippen molar-refractivity contribution in [2.45, 2.75) is 17.9 Å². The first-order valence-electron chi connectivity index (χ1n) is 9.73. The molecule has 0 saturated carbocycles. The summed E-state index contributed by atoms with van der Waals surface area (Å²) >= 11 is 0. The second kappa shape index (κ2) is 8.31. The maximum atomic E-state index is 13.4. The molecule has 4 heteroatoms. The zero-order valence-corrected chi connectivity index (χ0v) is 16.2. The van der Waals surface area contributed by atoms with E-state index in [0.29, 0.717) is 0 Å². The van der Waals surface area contributed by atoms with Gasteiger partial charge in [-0.3, -0.25) is 9.59 Å². The molecule has 4 atom stereocenters. The molecular weight excluding hydrogens is 362 g/mol. The van der Waals surface area contributed by atoms with Gasteiger partial charge in [0.05, 0.1) is 25.0 Å². The highest BCUT2D eigenvalue weighted by Crippen LogP contribution is 2.48. The third-order valence-electron chi connectivity index (χ3n) is 5.66. The number of rotatable bonds is 4. The Morgan fingerprint density at radius 3 is 1.76 bits per heavy atom. The molecule has 1 saturated heterocycles. The molecule has 0 spiro atoms. The molecular formula is C25H23NO3. The third kappa shape index (κ3) is 3.66. The Morgan fingerprint density at radius 2 is 1.24 bits per heavy atom. The summed E-state index contributed by atoms with van der Waals surface area (Å²) in [6.07, 6.45) is 0. The topological polar surface area (TPSA) is 55.4 Å². The van der Waals surface area contributed by atoms with Gasteiger partial charge in [0.2, 0.25) is 5.91 Å². The summed E-state index contributed by atoms with van der Waals surface area (Å²) < 4.78 is 5.22. The first kappa shape index (κ1) is 18.9. The fraction of sp³-hybridized carbons (Fsp3) is 0.200. The molecule has 0 bridgehead atoms. The molecule has 0 unspecified atom stereocenters. The lowest BCUT2D eigenvalue weighted by atomic mass is 9.67. The van der Waals surface area contributed by atoms with Crippen LogP contribution in [0.25, 0.3) is 0 Å². The fourth-order valence-electron chi connectivity index (χ4n) is 4.37. The summed E-state index contributed by atoms with van der Waals surface area (Å²) in [6.45, 7) is 0. The largest absolute Gasteiger partial charge is 0.469 e. The van der Waals surface area contributed by atoms with Crippen LogP contribution in [0.3, 0.4) is 0 Å². The zero-order valence-electron chi connectivity index (χ0n) is 16.2. The van der Waals surface area contributed by atoms with Gasteiger partial charge in [-0.15, -0.1) is 0 Å². The summed E-state index contributed by atoms with van der Waals surface area (Å²) in [4.78, 5) is 26.4. The van der Waals surface area contributed by atoms with Crippen molar-refractivity contribution in [3.63, 3.8) is 0 Å². The minimum absolute atomic E-state index is 0.0842. The van der Waals surface area contributed by atoms with Crippen molar-refractivity contribution in [1.29, 1.82) is 0 Å². The predicted octanol–water partition coefficient (Wildman–Crippen LogP) is 4.21. The quantitative estimate of drug-likeness (QED) is 0.685. The van der Waals surface area contributed by atoms with Gasteiger partial charge >= 0.3 is 5.97 Å². The number of benzene rings is 3. The smallest absolute Gasteiger partial charge is 0.311 e. The van der Waals surface area contributed by atoms with Crippen LogP contribution in [0.15, 0.2) is 91.0 Å². The maximum Gasteiger partial charge on any atom is 0.311 e. The number of ether oxygens (including phenoxy) is 1. The molecule has 146 valence electrons. The summed E-state index contributed by atoms with van der Waals surface area (Å²) in [5.74, 6) is -1.78. The Kier molecular flexibility index (Phi) is 5.43. The monoisotopic (exact) mass is 385 g/mol. The lowest BCUT2D eigenvalue weighted by Crippen LogP contribution is -2.50. The van der Waals surface area contributed by atoms with E-state index < -0.39 is 17.9 Å². The number of hydrogen-bond donors (Lipinski definition) is 1. The molecule has 0 aliphatic carbocycles. The van der Waals surface area contributed by atoms with Crippen LogP contribution < -0.4 is 5.32 Å². The average molecular weight is 385 g/mol. The van der Waals surface area contributed by atoms with E-state index in [1.54, 1.807) is 0 Å². The van der Waals surface area contributed by atoms with Crippen molar-refractivity contribution in [1.82, 2.24) is 5.32 Å². The highest BCUT2D eigenvalue weighted by molar-refractivity contribution is 5.90. The SMILES string of the molecule is COC(=O)[C@@H]1[C@H](c2ccccc2)[C@H](c2ccccc2)C(=O)N[C@H]1c1ccccc1. The van der Waals surface area contributed by atoms with Gasteiger partial charge < -0.3 is 10.1 Å². The Balaban J connectivity index is 1.89. The van der Waals surface area contributed by atoms with Gasteiger partial charge in [-0.2, -0.15) is 0 Å². The average Bonchev–Trinajstić information content (AvgIpc) is 2.79. The summed E-state index contributed by atoms with van der Waals surface area (Å²) in [7, 11) is 1.40. The molecule has 1 aliphatic heterocycles.